The summed E-state index contributed by atoms with van der Waals surface area (Å²) in [4.78, 5) is 0. The van der Waals surface area contributed by atoms with Crippen molar-refractivity contribution in [2.45, 2.75) is 38.8 Å². The lowest BCUT2D eigenvalue weighted by Crippen LogP contribution is -2.54. The number of hydrogen-bond donors (Lipinski definition) is 0. The average molecular weight is 499 g/mol. The molecule has 0 bridgehead atoms. The molecular formula is C34H34Si2. The molecule has 0 fully saturated rings. The average Bonchev–Trinajstić information content (AvgIpc) is 2.96. The summed E-state index contributed by atoms with van der Waals surface area (Å²) >= 11 is 0. The molecule has 0 aliphatic heterocycles. The first-order chi connectivity index (χ1) is 17.6. The van der Waals surface area contributed by atoms with E-state index in [1.165, 1.54) is 20.7 Å². The molecule has 178 valence electrons. The quantitative estimate of drug-likeness (QED) is 0.181. The van der Waals surface area contributed by atoms with E-state index in [-0.39, 0.29) is 0 Å². The largest absolute Gasteiger partial charge is 0.196 e. The molecule has 0 radical (unpaired) electrons. The zero-order valence-corrected chi connectivity index (χ0v) is 23.4. The zero-order valence-electron chi connectivity index (χ0n) is 21.4. The van der Waals surface area contributed by atoms with Crippen LogP contribution in [0.25, 0.3) is 0 Å². The second kappa shape index (κ2) is 12.4. The van der Waals surface area contributed by atoms with E-state index in [0.717, 1.165) is 25.7 Å². The highest BCUT2D eigenvalue weighted by Gasteiger charge is 2.30. The van der Waals surface area contributed by atoms with Gasteiger partial charge in [0.25, 0.3) is 0 Å². The molecule has 0 heterocycles. The fourth-order valence-electron chi connectivity index (χ4n) is 4.61. The zero-order chi connectivity index (χ0) is 25.1. The van der Waals surface area contributed by atoms with Crippen LogP contribution in [-0.4, -0.2) is 16.1 Å². The molecule has 0 aliphatic rings. The summed E-state index contributed by atoms with van der Waals surface area (Å²) < 4.78 is 0. The maximum atomic E-state index is 3.75. The van der Waals surface area contributed by atoms with Crippen LogP contribution < -0.4 is 20.7 Å². The molecular weight excluding hydrogens is 465 g/mol. The van der Waals surface area contributed by atoms with Crippen LogP contribution in [0.4, 0.5) is 0 Å². The van der Waals surface area contributed by atoms with E-state index < -0.39 is 16.1 Å². The molecule has 0 amide bonds. The van der Waals surface area contributed by atoms with Crippen LogP contribution in [0.1, 0.15) is 25.7 Å². The lowest BCUT2D eigenvalue weighted by molar-refractivity contribution is 0.783. The van der Waals surface area contributed by atoms with E-state index in [0.29, 0.717) is 0 Å². The van der Waals surface area contributed by atoms with Crippen LogP contribution in [0.5, 0.6) is 0 Å². The van der Waals surface area contributed by atoms with Crippen molar-refractivity contribution in [2.75, 3.05) is 0 Å². The predicted molar refractivity (Wildman–Crippen MR) is 162 cm³/mol. The van der Waals surface area contributed by atoms with Gasteiger partial charge in [0.15, 0.2) is 16.1 Å². The van der Waals surface area contributed by atoms with E-state index in [2.05, 4.69) is 157 Å². The Bertz CT molecular complexity index is 1150. The van der Waals surface area contributed by atoms with Crippen LogP contribution in [-0.2, 0) is 0 Å². The van der Waals surface area contributed by atoms with Crippen molar-refractivity contribution >= 4 is 36.9 Å². The van der Waals surface area contributed by atoms with Gasteiger partial charge in [-0.05, 0) is 33.6 Å². The first kappa shape index (κ1) is 25.5. The molecule has 0 aromatic heterocycles. The maximum Gasteiger partial charge on any atom is 0.196 e. The molecule has 0 aliphatic carbocycles. The summed E-state index contributed by atoms with van der Waals surface area (Å²) in [5.41, 5.74) is 7.49. The molecule has 0 nitrogen and oxygen atoms in total. The van der Waals surface area contributed by atoms with Crippen LogP contribution >= 0.6 is 0 Å². The minimum atomic E-state index is -2.06. The third-order valence-corrected chi connectivity index (χ3v) is 14.2. The first-order valence-corrected chi connectivity index (χ1v) is 17.8. The smallest absolute Gasteiger partial charge is 0.120 e. The molecule has 0 spiro atoms. The van der Waals surface area contributed by atoms with Crippen LogP contribution in [0.15, 0.2) is 121 Å². The van der Waals surface area contributed by atoms with Crippen molar-refractivity contribution in [3.8, 4) is 22.9 Å². The van der Waals surface area contributed by atoms with E-state index in [1.807, 2.05) is 0 Å². The second-order valence-corrected chi connectivity index (χ2v) is 16.8. The SMILES string of the molecule is C[Si](C#CCCCCC#C[Si](C)(c1ccccc1)c1ccccc1)(c1ccccc1)c1ccccc1. The second-order valence-electron chi connectivity index (χ2n) is 9.52. The Balaban J connectivity index is 1.41. The van der Waals surface area contributed by atoms with Gasteiger partial charge in [-0.1, -0.05) is 134 Å². The summed E-state index contributed by atoms with van der Waals surface area (Å²) in [6.07, 6.45) is 4.03. The fraction of sp³-hybridized carbons (Fsp3) is 0.176. The third-order valence-electron chi connectivity index (χ3n) is 6.93. The Kier molecular flexibility index (Phi) is 8.80. The third kappa shape index (κ3) is 6.16. The van der Waals surface area contributed by atoms with Crippen molar-refractivity contribution in [3.05, 3.63) is 121 Å². The molecule has 4 aromatic carbocycles. The highest BCUT2D eigenvalue weighted by Crippen LogP contribution is 2.07. The molecule has 4 rings (SSSR count). The minimum Gasteiger partial charge on any atom is -0.120 e. The summed E-state index contributed by atoms with van der Waals surface area (Å²) in [6, 6.07) is 43.3. The summed E-state index contributed by atoms with van der Waals surface area (Å²) in [6.45, 7) is 4.74. The van der Waals surface area contributed by atoms with Gasteiger partial charge in [-0.3, -0.25) is 0 Å². The molecule has 0 saturated carbocycles. The predicted octanol–water partition coefficient (Wildman–Crippen LogP) is 5.42. The lowest BCUT2D eigenvalue weighted by atomic mass is 10.2. The van der Waals surface area contributed by atoms with Gasteiger partial charge in [-0.2, -0.15) is 0 Å². The molecule has 0 N–H and O–H groups in total. The Hall–Kier alpha value is -3.57. The Morgan fingerprint density at radius 2 is 0.667 bits per heavy atom. The van der Waals surface area contributed by atoms with Gasteiger partial charge in [0.2, 0.25) is 0 Å². The van der Waals surface area contributed by atoms with Crippen LogP contribution in [0, 0.1) is 22.9 Å². The normalized spacial score (nSPS) is 11.1. The highest BCUT2D eigenvalue weighted by molar-refractivity contribution is 7.07. The topological polar surface area (TPSA) is 0 Å². The number of unbranched alkanes of at least 4 members (excludes halogenated alkanes) is 3. The van der Waals surface area contributed by atoms with E-state index in [4.69, 9.17) is 0 Å². The highest BCUT2D eigenvalue weighted by atomic mass is 28.3. The van der Waals surface area contributed by atoms with Crippen molar-refractivity contribution in [2.24, 2.45) is 0 Å². The molecule has 0 unspecified atom stereocenters. The molecule has 4 aromatic rings. The summed E-state index contributed by atoms with van der Waals surface area (Å²) in [5, 5.41) is 5.50. The Morgan fingerprint density at radius 1 is 0.417 bits per heavy atom. The van der Waals surface area contributed by atoms with Gasteiger partial charge in [0, 0.05) is 12.8 Å². The van der Waals surface area contributed by atoms with Crippen molar-refractivity contribution < 1.29 is 0 Å². The van der Waals surface area contributed by atoms with E-state index >= 15 is 0 Å². The van der Waals surface area contributed by atoms with Crippen molar-refractivity contribution in [1.82, 2.24) is 0 Å². The van der Waals surface area contributed by atoms with E-state index in [9.17, 15) is 0 Å². The van der Waals surface area contributed by atoms with Crippen LogP contribution in [0.3, 0.4) is 0 Å². The monoisotopic (exact) mass is 498 g/mol. The van der Waals surface area contributed by atoms with Gasteiger partial charge >= 0.3 is 0 Å². The number of rotatable bonds is 7. The number of benzene rings is 4. The Morgan fingerprint density at radius 3 is 0.917 bits per heavy atom. The molecule has 0 saturated heterocycles. The van der Waals surface area contributed by atoms with Gasteiger partial charge in [-0.15, -0.1) is 22.9 Å². The Labute approximate surface area is 219 Å². The summed E-state index contributed by atoms with van der Waals surface area (Å²) in [7, 11) is -4.12. The fourth-order valence-corrected chi connectivity index (χ4v) is 10.3. The molecule has 36 heavy (non-hydrogen) atoms. The minimum absolute atomic E-state index is 0.927. The maximum absolute atomic E-state index is 3.75. The molecule has 2 heteroatoms. The standard InChI is InChI=1S/C34H34Si2/c1-35(31-21-11-7-12-22-31,32-23-13-8-14-24-32)29-19-5-3-4-6-20-30-36(2,33-25-15-9-16-26-33)34-27-17-10-18-28-34/h7-18,21-28H,3-6H2,1-2H3. The van der Waals surface area contributed by atoms with Crippen molar-refractivity contribution in [3.63, 3.8) is 0 Å². The lowest BCUT2D eigenvalue weighted by Gasteiger charge is -2.22. The van der Waals surface area contributed by atoms with Gasteiger partial charge < -0.3 is 0 Å². The van der Waals surface area contributed by atoms with E-state index in [1.54, 1.807) is 0 Å². The van der Waals surface area contributed by atoms with Gasteiger partial charge in [-0.25, -0.2) is 0 Å². The number of hydrogen-bond acceptors (Lipinski definition) is 0. The van der Waals surface area contributed by atoms with Crippen molar-refractivity contribution in [1.29, 1.82) is 0 Å². The summed E-state index contributed by atoms with van der Waals surface area (Å²) in [5.74, 6) is 7.11. The first-order valence-electron chi connectivity index (χ1n) is 12.8. The van der Waals surface area contributed by atoms with Gasteiger partial charge in [0.05, 0.1) is 0 Å². The van der Waals surface area contributed by atoms with Gasteiger partial charge in [0.1, 0.15) is 0 Å². The molecule has 0 atom stereocenters. The van der Waals surface area contributed by atoms with Crippen LogP contribution in [0.2, 0.25) is 13.1 Å².